The second-order valence-electron chi connectivity index (χ2n) is 8.03. The van der Waals surface area contributed by atoms with Crippen LogP contribution in [0.1, 0.15) is 30.2 Å². The molecule has 3 aromatic rings. The maximum Gasteiger partial charge on any atom is 0.226 e. The Bertz CT molecular complexity index is 1020. The summed E-state index contributed by atoms with van der Waals surface area (Å²) in [5.74, 6) is 0.806. The van der Waals surface area contributed by atoms with Gasteiger partial charge in [-0.1, -0.05) is 48.5 Å². The molecule has 1 unspecified atom stereocenters. The summed E-state index contributed by atoms with van der Waals surface area (Å²) in [6.45, 7) is 3.82. The molecular formula is C24H28N4O2. The maximum atomic E-state index is 12.9. The number of aliphatic hydroxyl groups excluding tert-OH is 1. The van der Waals surface area contributed by atoms with Crippen molar-refractivity contribution in [2.75, 3.05) is 31.6 Å². The molecule has 1 atom stereocenters. The van der Waals surface area contributed by atoms with Crippen molar-refractivity contribution >= 4 is 22.8 Å². The summed E-state index contributed by atoms with van der Waals surface area (Å²) in [4.78, 5) is 26.1. The monoisotopic (exact) mass is 404 g/mol. The molecule has 1 amide bonds. The predicted octanol–water partition coefficient (Wildman–Crippen LogP) is 3.35. The molecule has 30 heavy (non-hydrogen) atoms. The standard InChI is InChI=1S/C24H28N4O2/c1-17-20-10-6-7-11-21(20)26-24(25-17)28-14-12-19(13-15-28)23(30)27(2)16-22(29)18-8-4-3-5-9-18/h3-11,19,22,29H,12-16H2,1-2H3. The molecular weight excluding hydrogens is 376 g/mol. The second-order valence-corrected chi connectivity index (χ2v) is 8.03. The number of aryl methyl sites for hydroxylation is 1. The van der Waals surface area contributed by atoms with E-state index in [0.717, 1.165) is 54.0 Å². The number of aliphatic hydroxyl groups is 1. The Morgan fingerprint density at radius 3 is 2.50 bits per heavy atom. The van der Waals surface area contributed by atoms with Gasteiger partial charge in [0.2, 0.25) is 11.9 Å². The van der Waals surface area contributed by atoms with Gasteiger partial charge in [-0.05, 0) is 31.4 Å². The molecule has 4 rings (SSSR count). The summed E-state index contributed by atoms with van der Waals surface area (Å²) in [5.41, 5.74) is 2.76. The topological polar surface area (TPSA) is 69.6 Å². The molecule has 1 fully saturated rings. The molecule has 0 radical (unpaired) electrons. The first-order valence-corrected chi connectivity index (χ1v) is 10.5. The van der Waals surface area contributed by atoms with Crippen molar-refractivity contribution in [1.82, 2.24) is 14.9 Å². The van der Waals surface area contributed by atoms with Crippen LogP contribution in [0.15, 0.2) is 54.6 Å². The number of carbonyl (C=O) groups excluding carboxylic acids is 1. The lowest BCUT2D eigenvalue weighted by atomic mass is 9.95. The molecule has 1 aromatic heterocycles. The van der Waals surface area contributed by atoms with Crippen molar-refractivity contribution in [3.63, 3.8) is 0 Å². The van der Waals surface area contributed by atoms with Crippen molar-refractivity contribution in [1.29, 1.82) is 0 Å². The molecule has 1 aliphatic heterocycles. The highest BCUT2D eigenvalue weighted by Gasteiger charge is 2.29. The Labute approximate surface area is 177 Å². The van der Waals surface area contributed by atoms with Crippen LogP contribution in [0.3, 0.4) is 0 Å². The predicted molar refractivity (Wildman–Crippen MR) is 118 cm³/mol. The van der Waals surface area contributed by atoms with E-state index in [1.807, 2.05) is 61.5 Å². The average molecular weight is 405 g/mol. The van der Waals surface area contributed by atoms with Gasteiger partial charge < -0.3 is 14.9 Å². The fourth-order valence-corrected chi connectivity index (χ4v) is 4.13. The lowest BCUT2D eigenvalue weighted by molar-refractivity contribution is -0.136. The number of hydrogen-bond donors (Lipinski definition) is 1. The number of amides is 1. The number of rotatable bonds is 5. The highest BCUT2D eigenvalue weighted by atomic mass is 16.3. The van der Waals surface area contributed by atoms with Crippen LogP contribution in [0, 0.1) is 12.8 Å². The Hall–Kier alpha value is -2.99. The van der Waals surface area contributed by atoms with Gasteiger partial charge in [0.1, 0.15) is 0 Å². The number of hydrogen-bond acceptors (Lipinski definition) is 5. The van der Waals surface area contributed by atoms with Crippen LogP contribution in [0.25, 0.3) is 10.9 Å². The molecule has 2 aromatic carbocycles. The Morgan fingerprint density at radius 1 is 1.10 bits per heavy atom. The zero-order valence-corrected chi connectivity index (χ0v) is 17.5. The molecule has 0 saturated carbocycles. The van der Waals surface area contributed by atoms with Gasteiger partial charge in [-0.3, -0.25) is 4.79 Å². The molecule has 0 aliphatic carbocycles. The van der Waals surface area contributed by atoms with Gasteiger partial charge in [-0.25, -0.2) is 9.97 Å². The Morgan fingerprint density at radius 2 is 1.77 bits per heavy atom. The van der Waals surface area contributed by atoms with E-state index >= 15 is 0 Å². The average Bonchev–Trinajstić information content (AvgIpc) is 2.79. The molecule has 1 saturated heterocycles. The number of aromatic nitrogens is 2. The van der Waals surface area contributed by atoms with Gasteiger partial charge in [0.05, 0.1) is 23.9 Å². The summed E-state index contributed by atoms with van der Waals surface area (Å²) >= 11 is 0. The van der Waals surface area contributed by atoms with Crippen LogP contribution in [0.4, 0.5) is 5.95 Å². The van der Waals surface area contributed by atoms with Gasteiger partial charge in [0.25, 0.3) is 0 Å². The fourth-order valence-electron chi connectivity index (χ4n) is 4.13. The second kappa shape index (κ2) is 8.79. The normalized spacial score (nSPS) is 15.9. The van der Waals surface area contributed by atoms with Crippen LogP contribution in [-0.4, -0.2) is 52.6 Å². The summed E-state index contributed by atoms with van der Waals surface area (Å²) in [6, 6.07) is 17.5. The molecule has 156 valence electrons. The van der Waals surface area contributed by atoms with E-state index in [-0.39, 0.29) is 11.8 Å². The van der Waals surface area contributed by atoms with E-state index in [0.29, 0.717) is 6.54 Å². The van der Waals surface area contributed by atoms with Gasteiger partial charge in [0.15, 0.2) is 0 Å². The number of nitrogens with zero attached hydrogens (tertiary/aromatic N) is 4. The minimum atomic E-state index is -0.672. The summed E-state index contributed by atoms with van der Waals surface area (Å²) in [6.07, 6.45) is 0.855. The first kappa shape index (κ1) is 20.3. The van der Waals surface area contributed by atoms with Crippen LogP contribution >= 0.6 is 0 Å². The van der Waals surface area contributed by atoms with Gasteiger partial charge in [-0.15, -0.1) is 0 Å². The van der Waals surface area contributed by atoms with Gasteiger partial charge in [0, 0.05) is 31.4 Å². The lowest BCUT2D eigenvalue weighted by Crippen LogP contribution is -2.42. The van der Waals surface area contributed by atoms with E-state index in [2.05, 4.69) is 9.88 Å². The van der Waals surface area contributed by atoms with E-state index in [1.54, 1.807) is 11.9 Å². The van der Waals surface area contributed by atoms with Crippen molar-refractivity contribution in [3.8, 4) is 0 Å². The highest BCUT2D eigenvalue weighted by molar-refractivity contribution is 5.82. The van der Waals surface area contributed by atoms with Crippen LogP contribution in [0.2, 0.25) is 0 Å². The van der Waals surface area contributed by atoms with Gasteiger partial charge >= 0.3 is 0 Å². The fraction of sp³-hybridized carbons (Fsp3) is 0.375. The van der Waals surface area contributed by atoms with E-state index in [1.165, 1.54) is 0 Å². The third-order valence-electron chi connectivity index (χ3n) is 5.92. The van der Waals surface area contributed by atoms with Crippen LogP contribution in [-0.2, 0) is 4.79 Å². The molecule has 0 bridgehead atoms. The Kier molecular flexibility index (Phi) is 5.95. The molecule has 6 heteroatoms. The molecule has 0 spiro atoms. The summed E-state index contributed by atoms with van der Waals surface area (Å²) in [5, 5.41) is 11.5. The van der Waals surface area contributed by atoms with Crippen molar-refractivity contribution < 1.29 is 9.90 Å². The molecule has 1 aliphatic rings. The van der Waals surface area contributed by atoms with E-state index in [9.17, 15) is 9.90 Å². The summed E-state index contributed by atoms with van der Waals surface area (Å²) in [7, 11) is 1.77. The smallest absolute Gasteiger partial charge is 0.226 e. The largest absolute Gasteiger partial charge is 0.387 e. The lowest BCUT2D eigenvalue weighted by Gasteiger charge is -2.33. The number of benzene rings is 2. The summed E-state index contributed by atoms with van der Waals surface area (Å²) < 4.78 is 0. The number of likely N-dealkylation sites (N-methyl/N-ethyl adjacent to an activating group) is 1. The quantitative estimate of drug-likeness (QED) is 0.706. The van der Waals surface area contributed by atoms with Crippen LogP contribution in [0.5, 0.6) is 0 Å². The minimum Gasteiger partial charge on any atom is -0.387 e. The van der Waals surface area contributed by atoms with Gasteiger partial charge in [-0.2, -0.15) is 0 Å². The number of fused-ring (bicyclic) bond motifs is 1. The number of anilines is 1. The molecule has 6 nitrogen and oxygen atoms in total. The van der Waals surface area contributed by atoms with E-state index in [4.69, 9.17) is 4.98 Å². The zero-order chi connectivity index (χ0) is 21.1. The van der Waals surface area contributed by atoms with E-state index < -0.39 is 6.10 Å². The first-order chi connectivity index (χ1) is 14.5. The first-order valence-electron chi connectivity index (χ1n) is 10.5. The van der Waals surface area contributed by atoms with Crippen molar-refractivity contribution in [3.05, 3.63) is 65.9 Å². The number of carbonyl (C=O) groups is 1. The SMILES string of the molecule is Cc1nc(N2CCC(C(=O)N(C)CC(O)c3ccccc3)CC2)nc2ccccc12. The maximum absolute atomic E-state index is 12.9. The highest BCUT2D eigenvalue weighted by Crippen LogP contribution is 2.25. The number of piperidine rings is 1. The van der Waals surface area contributed by atoms with Crippen LogP contribution < -0.4 is 4.90 Å². The Balaban J connectivity index is 1.36. The number of para-hydroxylation sites is 1. The zero-order valence-electron chi connectivity index (χ0n) is 17.5. The van der Waals surface area contributed by atoms with Crippen molar-refractivity contribution in [2.24, 2.45) is 5.92 Å². The molecule has 2 heterocycles. The third kappa shape index (κ3) is 4.28. The third-order valence-corrected chi connectivity index (χ3v) is 5.92. The van der Waals surface area contributed by atoms with Crippen molar-refractivity contribution in [2.45, 2.75) is 25.9 Å². The molecule has 1 N–H and O–H groups in total. The minimum absolute atomic E-state index is 0.0317.